The van der Waals surface area contributed by atoms with Gasteiger partial charge in [-0.1, -0.05) is 19.1 Å². The summed E-state index contributed by atoms with van der Waals surface area (Å²) in [5.41, 5.74) is 0.168. The van der Waals surface area contributed by atoms with Crippen LogP contribution in [0.25, 0.3) is 0 Å². The van der Waals surface area contributed by atoms with E-state index in [1.165, 1.54) is 17.9 Å². The summed E-state index contributed by atoms with van der Waals surface area (Å²) >= 11 is 0. The Morgan fingerprint density at radius 2 is 2.24 bits per heavy atom. The highest BCUT2D eigenvalue weighted by molar-refractivity contribution is 5.88. The van der Waals surface area contributed by atoms with E-state index >= 15 is 0 Å². The number of carbonyl (C=O) groups is 1. The predicted molar refractivity (Wildman–Crippen MR) is 71.2 cm³/mol. The van der Waals surface area contributed by atoms with Crippen molar-refractivity contribution in [3.05, 3.63) is 39.7 Å². The van der Waals surface area contributed by atoms with Crippen LogP contribution in [-0.2, 0) is 11.3 Å². The van der Waals surface area contributed by atoms with E-state index in [9.17, 15) is 9.59 Å². The maximum absolute atomic E-state index is 11.7. The van der Waals surface area contributed by atoms with Crippen molar-refractivity contribution < 1.29 is 19.1 Å². The maximum Gasteiger partial charge on any atom is 0.360 e. The van der Waals surface area contributed by atoms with E-state index in [0.717, 1.165) is 6.26 Å². The number of esters is 1. The lowest BCUT2D eigenvalue weighted by Crippen LogP contribution is -2.13. The van der Waals surface area contributed by atoms with Crippen molar-refractivity contribution in [1.82, 2.24) is 15.0 Å². The van der Waals surface area contributed by atoms with Crippen molar-refractivity contribution >= 4 is 5.97 Å². The summed E-state index contributed by atoms with van der Waals surface area (Å²) < 4.78 is 11.2. The van der Waals surface area contributed by atoms with E-state index in [0.29, 0.717) is 11.5 Å². The fraction of sp³-hybridized carbons (Fsp3) is 0.385. The number of hydrogen-bond acceptors (Lipinski definition) is 7. The average Bonchev–Trinajstić information content (AvgIpc) is 2.86. The Morgan fingerprint density at radius 3 is 2.81 bits per heavy atom. The summed E-state index contributed by atoms with van der Waals surface area (Å²) in [7, 11) is 1.27. The first-order valence-corrected chi connectivity index (χ1v) is 6.26. The number of methoxy groups -OCH3 is 1. The average molecular weight is 293 g/mol. The number of carbonyl (C=O) groups excluding carboxylic acids is 1. The van der Waals surface area contributed by atoms with Gasteiger partial charge < -0.3 is 14.3 Å². The highest BCUT2D eigenvalue weighted by Crippen LogP contribution is 2.19. The molecule has 2 rings (SSSR count). The zero-order valence-corrected chi connectivity index (χ0v) is 11.9. The molecule has 0 unspecified atom stereocenters. The molecule has 112 valence electrons. The van der Waals surface area contributed by atoms with Crippen LogP contribution in [0, 0.1) is 0 Å². The molecule has 0 saturated heterocycles. The number of hydrogen-bond donors (Lipinski definition) is 1. The zero-order valence-electron chi connectivity index (χ0n) is 11.9. The largest absolute Gasteiger partial charge is 0.502 e. The Hall–Kier alpha value is -2.64. The van der Waals surface area contributed by atoms with Crippen LogP contribution in [0.3, 0.4) is 0 Å². The van der Waals surface area contributed by atoms with Crippen molar-refractivity contribution in [2.24, 2.45) is 0 Å². The summed E-state index contributed by atoms with van der Waals surface area (Å²) in [6.07, 6.45) is 0.963. The van der Waals surface area contributed by atoms with Gasteiger partial charge in [-0.2, -0.15) is 0 Å². The lowest BCUT2D eigenvalue weighted by molar-refractivity contribution is 0.0592. The predicted octanol–water partition coefficient (Wildman–Crippen LogP) is 0.895. The highest BCUT2D eigenvalue weighted by Gasteiger charge is 2.23. The molecule has 21 heavy (non-hydrogen) atoms. The Kier molecular flexibility index (Phi) is 4.06. The molecule has 0 atom stereocenters. The third kappa shape index (κ3) is 2.93. The molecular formula is C13H15N3O5. The molecule has 0 spiro atoms. The van der Waals surface area contributed by atoms with E-state index in [2.05, 4.69) is 15.0 Å². The van der Waals surface area contributed by atoms with Crippen LogP contribution in [0.15, 0.2) is 21.5 Å². The molecule has 2 aromatic heterocycles. The molecule has 2 heterocycles. The van der Waals surface area contributed by atoms with Crippen LogP contribution in [0.5, 0.6) is 5.75 Å². The smallest absolute Gasteiger partial charge is 0.360 e. The van der Waals surface area contributed by atoms with Gasteiger partial charge in [0.2, 0.25) is 5.43 Å². The van der Waals surface area contributed by atoms with Crippen molar-refractivity contribution in [3.8, 4) is 5.75 Å². The van der Waals surface area contributed by atoms with E-state index in [-0.39, 0.29) is 18.2 Å². The second-order valence-corrected chi connectivity index (χ2v) is 4.72. The van der Waals surface area contributed by atoms with Gasteiger partial charge in [-0.25, -0.2) is 9.48 Å². The van der Waals surface area contributed by atoms with Gasteiger partial charge in [0.05, 0.1) is 12.8 Å². The van der Waals surface area contributed by atoms with E-state index < -0.39 is 17.1 Å². The summed E-state index contributed by atoms with van der Waals surface area (Å²) in [6.45, 7) is 3.89. The number of rotatable bonds is 4. The number of ether oxygens (including phenoxy) is 1. The number of nitrogens with zero attached hydrogens (tertiary/aromatic N) is 3. The van der Waals surface area contributed by atoms with Crippen LogP contribution in [-0.4, -0.2) is 33.2 Å². The van der Waals surface area contributed by atoms with E-state index in [1.807, 2.05) is 13.8 Å². The lowest BCUT2D eigenvalue weighted by atomic mass is 10.1. The molecule has 0 saturated carbocycles. The summed E-state index contributed by atoms with van der Waals surface area (Å²) in [4.78, 5) is 23.0. The lowest BCUT2D eigenvalue weighted by Gasteiger charge is -2.09. The third-order valence-electron chi connectivity index (χ3n) is 2.87. The third-order valence-corrected chi connectivity index (χ3v) is 2.87. The van der Waals surface area contributed by atoms with E-state index in [1.54, 1.807) is 0 Å². The Balaban J connectivity index is 2.40. The Labute approximate surface area is 120 Å². The number of aromatic hydroxyl groups is 1. The Bertz CT molecular complexity index is 717. The minimum absolute atomic E-state index is 0.0297. The molecule has 0 bridgehead atoms. The molecule has 1 N–H and O–H groups in total. The SMILES string of the molecule is COC(=O)c1nnn(Cc2cc(=O)c(O)co2)c1C(C)C. The molecule has 0 radical (unpaired) electrons. The van der Waals surface area contributed by atoms with Crippen LogP contribution in [0.2, 0.25) is 0 Å². The summed E-state index contributed by atoms with van der Waals surface area (Å²) in [5, 5.41) is 16.9. The first-order valence-electron chi connectivity index (χ1n) is 6.26. The van der Waals surface area contributed by atoms with Gasteiger partial charge in [0, 0.05) is 6.07 Å². The van der Waals surface area contributed by atoms with Gasteiger partial charge in [0.25, 0.3) is 0 Å². The fourth-order valence-corrected chi connectivity index (χ4v) is 1.92. The van der Waals surface area contributed by atoms with Crippen LogP contribution < -0.4 is 5.43 Å². The highest BCUT2D eigenvalue weighted by atomic mass is 16.5. The van der Waals surface area contributed by atoms with Crippen molar-refractivity contribution in [1.29, 1.82) is 0 Å². The van der Waals surface area contributed by atoms with Gasteiger partial charge in [0.1, 0.15) is 18.6 Å². The van der Waals surface area contributed by atoms with Gasteiger partial charge in [-0.05, 0) is 5.92 Å². The standard InChI is InChI=1S/C13H15N3O5/c1-7(2)12-11(13(19)20-3)14-15-16(12)5-8-4-9(17)10(18)6-21-8/h4,6-7,18H,5H2,1-3H3. The van der Waals surface area contributed by atoms with Crippen molar-refractivity contribution in [3.63, 3.8) is 0 Å². The maximum atomic E-state index is 11.7. The second-order valence-electron chi connectivity index (χ2n) is 4.72. The molecular weight excluding hydrogens is 278 g/mol. The molecule has 0 aliphatic carbocycles. The second kappa shape index (κ2) is 5.78. The molecule has 8 nitrogen and oxygen atoms in total. The van der Waals surface area contributed by atoms with Crippen LogP contribution >= 0.6 is 0 Å². The zero-order chi connectivity index (χ0) is 15.6. The number of aromatic nitrogens is 3. The Morgan fingerprint density at radius 1 is 1.52 bits per heavy atom. The molecule has 8 heteroatoms. The molecule has 2 aromatic rings. The van der Waals surface area contributed by atoms with Gasteiger partial charge in [-0.3, -0.25) is 4.79 Å². The van der Waals surface area contributed by atoms with Gasteiger partial charge in [0.15, 0.2) is 11.4 Å². The molecule has 0 aliphatic rings. The quantitative estimate of drug-likeness (QED) is 0.834. The first kappa shape index (κ1) is 14.8. The van der Waals surface area contributed by atoms with Crippen molar-refractivity contribution in [2.75, 3.05) is 7.11 Å². The van der Waals surface area contributed by atoms with Crippen LogP contribution in [0.4, 0.5) is 0 Å². The summed E-state index contributed by atoms with van der Waals surface area (Å²) in [5.74, 6) is -0.771. The minimum Gasteiger partial charge on any atom is -0.502 e. The van der Waals surface area contributed by atoms with Gasteiger partial charge in [-0.15, -0.1) is 5.10 Å². The first-order chi connectivity index (χ1) is 9.93. The monoisotopic (exact) mass is 293 g/mol. The fourth-order valence-electron chi connectivity index (χ4n) is 1.92. The molecule has 0 aliphatic heterocycles. The molecule has 0 aromatic carbocycles. The normalized spacial score (nSPS) is 10.9. The minimum atomic E-state index is -0.572. The summed E-state index contributed by atoms with van der Waals surface area (Å²) in [6, 6.07) is 1.17. The molecule has 0 amide bonds. The molecule has 0 fully saturated rings. The topological polar surface area (TPSA) is 107 Å². The van der Waals surface area contributed by atoms with Crippen molar-refractivity contribution in [2.45, 2.75) is 26.3 Å². The van der Waals surface area contributed by atoms with E-state index in [4.69, 9.17) is 9.52 Å². The van der Waals surface area contributed by atoms with Gasteiger partial charge >= 0.3 is 5.97 Å². The van der Waals surface area contributed by atoms with Crippen LogP contribution in [0.1, 0.15) is 41.7 Å².